The Bertz CT molecular complexity index is 764. The molecule has 0 aliphatic carbocycles. The van der Waals surface area contributed by atoms with E-state index in [0.29, 0.717) is 0 Å². The number of aliphatic carboxylic acids is 1. The summed E-state index contributed by atoms with van der Waals surface area (Å²) in [7, 11) is 0. The van der Waals surface area contributed by atoms with E-state index in [1.54, 1.807) is 0 Å². The SMILES string of the molecule is O=C(O)COC(F)(F)C(F)(F)C(F)(F)C(F)(F)C(F)(F)C(F)(F)C(F)(F)/C(F)=C/C(F)(F)F. The lowest BCUT2D eigenvalue weighted by molar-refractivity contribution is -0.464. The van der Waals surface area contributed by atoms with E-state index < -0.39 is 72.3 Å². The number of allylic oxidation sites excluding steroid dienone is 2. The van der Waals surface area contributed by atoms with Crippen molar-refractivity contribution in [2.45, 2.75) is 47.8 Å². The zero-order valence-electron chi connectivity index (χ0n) is 14.4. The molecule has 0 heterocycles. The quantitative estimate of drug-likeness (QED) is 0.352. The summed E-state index contributed by atoms with van der Waals surface area (Å²) in [5.74, 6) is -57.5. The second-order valence-corrected chi connectivity index (χ2v) is 5.68. The Balaban J connectivity index is 6.69. The average Bonchev–Trinajstić information content (AvgIpc) is 2.57. The molecular weight excluding hydrogens is 534 g/mol. The van der Waals surface area contributed by atoms with Gasteiger partial charge in [-0.2, -0.15) is 74.6 Å². The lowest BCUT2D eigenvalue weighted by Crippen LogP contribution is -2.73. The molecule has 196 valence electrons. The van der Waals surface area contributed by atoms with Crippen LogP contribution >= 0.6 is 0 Å². The molecule has 0 aromatic rings. The third-order valence-electron chi connectivity index (χ3n) is 3.30. The number of alkyl halides is 17. The minimum atomic E-state index is -8.70. The van der Waals surface area contributed by atoms with Crippen molar-refractivity contribution < 1.29 is 93.7 Å². The van der Waals surface area contributed by atoms with Crippen LogP contribution in [0.4, 0.5) is 79.0 Å². The van der Waals surface area contributed by atoms with Gasteiger partial charge in [0.25, 0.3) is 0 Å². The molecule has 0 amide bonds. The molecule has 0 saturated carbocycles. The van der Waals surface area contributed by atoms with E-state index in [0.717, 1.165) is 0 Å². The number of hydrogen-bond donors (Lipinski definition) is 1. The number of carboxylic acids is 1. The highest BCUT2D eigenvalue weighted by molar-refractivity contribution is 5.68. The normalized spacial score (nSPS) is 16.2. The topological polar surface area (TPSA) is 46.5 Å². The van der Waals surface area contributed by atoms with Crippen LogP contribution in [0, 0.1) is 0 Å². The number of rotatable bonds is 10. The lowest BCUT2D eigenvalue weighted by Gasteiger charge is -2.42. The van der Waals surface area contributed by atoms with Gasteiger partial charge in [0.2, 0.25) is 0 Å². The van der Waals surface area contributed by atoms with Gasteiger partial charge in [-0.05, 0) is 0 Å². The summed E-state index contributed by atoms with van der Waals surface area (Å²) in [6.07, 6.45) is -16.0. The molecule has 0 radical (unpaired) electrons. The number of hydrogen-bond acceptors (Lipinski definition) is 2. The summed E-state index contributed by atoms with van der Waals surface area (Å²) in [5.41, 5.74) is 0. The molecule has 33 heavy (non-hydrogen) atoms. The number of carboxylic acid groups (broad SMARTS) is 1. The van der Waals surface area contributed by atoms with Gasteiger partial charge in [-0.1, -0.05) is 0 Å². The fraction of sp³-hybridized carbons (Fsp3) is 0.750. The first-order valence-electron chi connectivity index (χ1n) is 7.00. The molecule has 0 bridgehead atoms. The Morgan fingerprint density at radius 1 is 0.636 bits per heavy atom. The van der Waals surface area contributed by atoms with Crippen LogP contribution in [-0.4, -0.2) is 65.5 Å². The maximum atomic E-state index is 13.4. The van der Waals surface area contributed by atoms with E-state index in [-0.39, 0.29) is 0 Å². The zero-order valence-corrected chi connectivity index (χ0v) is 14.4. The van der Waals surface area contributed by atoms with E-state index in [9.17, 15) is 83.8 Å². The summed E-state index contributed by atoms with van der Waals surface area (Å²) >= 11 is 0. The van der Waals surface area contributed by atoms with Crippen LogP contribution in [-0.2, 0) is 9.53 Å². The molecular formula is C12H4F18O3. The van der Waals surface area contributed by atoms with Crippen LogP contribution in [0.2, 0.25) is 0 Å². The van der Waals surface area contributed by atoms with Crippen LogP contribution in [0.1, 0.15) is 0 Å². The van der Waals surface area contributed by atoms with Gasteiger partial charge in [0.15, 0.2) is 12.4 Å². The summed E-state index contributed by atoms with van der Waals surface area (Å²) < 4.78 is 236. The molecule has 0 aromatic heterocycles. The maximum Gasteiger partial charge on any atom is 0.426 e. The Hall–Kier alpha value is -2.09. The van der Waals surface area contributed by atoms with Gasteiger partial charge in [0.1, 0.15) is 0 Å². The van der Waals surface area contributed by atoms with E-state index in [1.165, 1.54) is 0 Å². The standard InChI is InChI=1S/C12H4F18O3/c13-3(1-5(14,15)16)6(17,18)7(19,20)8(21,22)9(23,24)10(25,26)11(27,28)12(29,30)33-2-4(31)32/h1H,2H2,(H,31,32)/b3-1-. The van der Waals surface area contributed by atoms with Crippen LogP contribution in [0.5, 0.6) is 0 Å². The maximum absolute atomic E-state index is 13.4. The van der Waals surface area contributed by atoms with E-state index in [2.05, 4.69) is 4.74 Å². The van der Waals surface area contributed by atoms with Crippen molar-refractivity contribution in [2.75, 3.05) is 6.61 Å². The van der Waals surface area contributed by atoms with Crippen molar-refractivity contribution in [1.82, 2.24) is 0 Å². The average molecular weight is 538 g/mol. The fourth-order valence-corrected chi connectivity index (χ4v) is 1.60. The van der Waals surface area contributed by atoms with E-state index in [1.807, 2.05) is 0 Å². The van der Waals surface area contributed by atoms with Gasteiger partial charge in [-0.15, -0.1) is 0 Å². The van der Waals surface area contributed by atoms with Crippen LogP contribution in [0.15, 0.2) is 11.9 Å². The van der Waals surface area contributed by atoms with Gasteiger partial charge in [-0.3, -0.25) is 0 Å². The molecule has 0 atom stereocenters. The van der Waals surface area contributed by atoms with Gasteiger partial charge in [0, 0.05) is 0 Å². The summed E-state index contributed by atoms with van der Waals surface area (Å²) in [6.45, 7) is -2.71. The van der Waals surface area contributed by atoms with Crippen molar-refractivity contribution in [2.24, 2.45) is 0 Å². The molecule has 1 N–H and O–H groups in total. The predicted octanol–water partition coefficient (Wildman–Crippen LogP) is 5.91. The molecule has 0 rings (SSSR count). The highest BCUT2D eigenvalue weighted by atomic mass is 19.4. The number of carbonyl (C=O) groups is 1. The smallest absolute Gasteiger partial charge is 0.426 e. The van der Waals surface area contributed by atoms with Crippen molar-refractivity contribution in [3.63, 3.8) is 0 Å². The first-order valence-corrected chi connectivity index (χ1v) is 7.00. The zero-order chi connectivity index (χ0) is 27.3. The summed E-state index contributed by atoms with van der Waals surface area (Å²) in [6, 6.07) is 0. The Labute approximate surface area is 167 Å². The van der Waals surface area contributed by atoms with Crippen LogP contribution < -0.4 is 0 Å². The Kier molecular flexibility index (Phi) is 7.77. The molecule has 0 aliphatic rings. The summed E-state index contributed by atoms with van der Waals surface area (Å²) in [5, 5.41) is 7.90. The molecule has 0 aromatic carbocycles. The third kappa shape index (κ3) is 4.91. The monoisotopic (exact) mass is 538 g/mol. The van der Waals surface area contributed by atoms with Crippen molar-refractivity contribution >= 4 is 5.97 Å². The van der Waals surface area contributed by atoms with Crippen LogP contribution in [0.3, 0.4) is 0 Å². The first kappa shape index (κ1) is 30.9. The Morgan fingerprint density at radius 3 is 1.30 bits per heavy atom. The van der Waals surface area contributed by atoms with Gasteiger partial charge in [-0.25, -0.2) is 9.18 Å². The second kappa shape index (κ2) is 8.29. The minimum Gasteiger partial charge on any atom is -0.480 e. The molecule has 21 heteroatoms. The Morgan fingerprint density at radius 2 is 0.970 bits per heavy atom. The van der Waals surface area contributed by atoms with Gasteiger partial charge < -0.3 is 9.84 Å². The third-order valence-corrected chi connectivity index (χ3v) is 3.30. The second-order valence-electron chi connectivity index (χ2n) is 5.68. The minimum absolute atomic E-state index is 2.32. The predicted molar refractivity (Wildman–Crippen MR) is 63.5 cm³/mol. The number of ether oxygens (including phenoxy) is 1. The molecule has 0 unspecified atom stereocenters. The van der Waals surface area contributed by atoms with Crippen LogP contribution in [0.25, 0.3) is 0 Å². The first-order chi connectivity index (χ1) is 14.0. The van der Waals surface area contributed by atoms with E-state index in [4.69, 9.17) is 5.11 Å². The fourth-order valence-electron chi connectivity index (χ4n) is 1.60. The van der Waals surface area contributed by atoms with Gasteiger partial charge in [0.05, 0.1) is 6.08 Å². The summed E-state index contributed by atoms with van der Waals surface area (Å²) in [4.78, 5) is 9.92. The molecule has 0 fully saturated rings. The molecule has 0 aliphatic heterocycles. The van der Waals surface area contributed by atoms with Gasteiger partial charge >= 0.3 is 53.8 Å². The van der Waals surface area contributed by atoms with Crippen molar-refractivity contribution in [3.8, 4) is 0 Å². The lowest BCUT2D eigenvalue weighted by atomic mass is 9.90. The highest BCUT2D eigenvalue weighted by Gasteiger charge is 2.93. The highest BCUT2D eigenvalue weighted by Crippen LogP contribution is 2.63. The van der Waals surface area contributed by atoms with Crippen molar-refractivity contribution in [1.29, 1.82) is 0 Å². The number of halogens is 18. The molecule has 0 saturated heterocycles. The molecule has 3 nitrogen and oxygen atoms in total. The van der Waals surface area contributed by atoms with Crippen molar-refractivity contribution in [3.05, 3.63) is 11.9 Å². The molecule has 0 spiro atoms. The largest absolute Gasteiger partial charge is 0.480 e. The van der Waals surface area contributed by atoms with E-state index >= 15 is 0 Å².